The number of allylic oxidation sites excluding steroid dienone is 8. The molecule has 0 heterocycles. The summed E-state index contributed by atoms with van der Waals surface area (Å²) in [6.45, 7) is 4.61. The summed E-state index contributed by atoms with van der Waals surface area (Å²) in [7, 11) is -0.243. The molecular weight excluding hydrogens is 499 g/mol. The SMILES string of the molecule is CC1[CH-]C2=CC=CCC2C1.CC1[CH-]C2=CC=CCC2C1.[CH3][Ge]([CH3])=[Zr+2].[Cl-].[Cl-]. The number of hydrogen-bond donors (Lipinski definition) is 0. The van der Waals surface area contributed by atoms with Crippen molar-refractivity contribution in [2.24, 2.45) is 23.7 Å². The van der Waals surface area contributed by atoms with Gasteiger partial charge >= 0.3 is 43.1 Å². The molecule has 4 rings (SSSR count). The molecule has 144 valence electrons. The third-order valence-corrected chi connectivity index (χ3v) is 4.90. The molecule has 2 fully saturated rings. The Labute approximate surface area is 190 Å². The normalized spacial score (nSPS) is 29.3. The van der Waals surface area contributed by atoms with Crippen molar-refractivity contribution < 1.29 is 46.4 Å². The van der Waals surface area contributed by atoms with E-state index in [9.17, 15) is 0 Å². The van der Waals surface area contributed by atoms with E-state index in [0.717, 1.165) is 23.7 Å². The summed E-state index contributed by atoms with van der Waals surface area (Å²) >= 11 is 1.80. The zero-order chi connectivity index (χ0) is 17.5. The summed E-state index contributed by atoms with van der Waals surface area (Å²) in [5, 5.41) is 0. The molecule has 0 nitrogen and oxygen atoms in total. The van der Waals surface area contributed by atoms with Crippen LogP contribution in [0.25, 0.3) is 0 Å². The molecule has 0 N–H and O–H groups in total. The monoisotopic (exact) mass is 530 g/mol. The molecule has 0 bridgehead atoms. The summed E-state index contributed by atoms with van der Waals surface area (Å²) in [4.78, 5) is 0. The van der Waals surface area contributed by atoms with Crippen molar-refractivity contribution in [1.29, 1.82) is 0 Å². The van der Waals surface area contributed by atoms with Crippen molar-refractivity contribution in [2.45, 2.75) is 51.0 Å². The van der Waals surface area contributed by atoms with Gasteiger partial charge in [0, 0.05) is 0 Å². The fraction of sp³-hybridized carbons (Fsp3) is 0.545. The number of halogens is 2. The first-order valence-corrected chi connectivity index (χ1v) is 21.0. The largest absolute Gasteiger partial charge is 1.00 e. The van der Waals surface area contributed by atoms with Crippen molar-refractivity contribution in [3.05, 3.63) is 60.4 Å². The molecule has 4 unspecified atom stereocenters. The molecule has 0 spiro atoms. The molecule has 0 aromatic rings. The minimum Gasteiger partial charge on any atom is -1.00 e. The van der Waals surface area contributed by atoms with Crippen molar-refractivity contribution in [3.63, 3.8) is 0 Å². The van der Waals surface area contributed by atoms with Gasteiger partial charge in [-0.3, -0.25) is 0 Å². The Morgan fingerprint density at radius 2 is 1.19 bits per heavy atom. The molecule has 0 saturated heterocycles. The van der Waals surface area contributed by atoms with Gasteiger partial charge in [-0.2, -0.15) is 0 Å². The van der Waals surface area contributed by atoms with E-state index >= 15 is 0 Å². The molecule has 0 aromatic heterocycles. The van der Waals surface area contributed by atoms with Crippen molar-refractivity contribution >= 4 is 9.98 Å². The van der Waals surface area contributed by atoms with Crippen LogP contribution >= 0.6 is 0 Å². The second kappa shape index (κ2) is 13.8. The fourth-order valence-corrected chi connectivity index (χ4v) is 3.93. The van der Waals surface area contributed by atoms with E-state index in [1.54, 1.807) is 32.7 Å². The van der Waals surface area contributed by atoms with Crippen molar-refractivity contribution in [1.82, 2.24) is 0 Å². The fourth-order valence-electron chi connectivity index (χ4n) is 3.93. The van der Waals surface area contributed by atoms with E-state index in [1.165, 1.54) is 25.7 Å². The minimum atomic E-state index is -0.243. The second-order valence-corrected chi connectivity index (χ2v) is 24.8. The zero-order valence-electron chi connectivity index (χ0n) is 16.5. The molecule has 2 saturated carbocycles. The molecule has 26 heavy (non-hydrogen) atoms. The zero-order valence-corrected chi connectivity index (χ0v) is 22.6. The van der Waals surface area contributed by atoms with E-state index in [1.807, 2.05) is 0 Å². The van der Waals surface area contributed by atoms with Gasteiger partial charge in [0.25, 0.3) is 0 Å². The molecule has 0 aromatic carbocycles. The molecule has 4 aliphatic carbocycles. The average Bonchev–Trinajstić information content (AvgIpc) is 3.07. The number of hydrogen-bond acceptors (Lipinski definition) is 0. The van der Waals surface area contributed by atoms with Crippen molar-refractivity contribution in [2.75, 3.05) is 0 Å². The Morgan fingerprint density at radius 3 is 1.50 bits per heavy atom. The predicted octanol–water partition coefficient (Wildman–Crippen LogP) is 0.258. The van der Waals surface area contributed by atoms with E-state index in [0.29, 0.717) is 0 Å². The minimum absolute atomic E-state index is 0. The van der Waals surface area contributed by atoms with Gasteiger partial charge in [0.05, 0.1) is 0 Å². The second-order valence-electron chi connectivity index (χ2n) is 7.81. The summed E-state index contributed by atoms with van der Waals surface area (Å²) in [5.41, 5.74) is 3.16. The summed E-state index contributed by atoms with van der Waals surface area (Å²) in [6, 6.07) is 0. The first kappa shape index (κ1) is 26.7. The molecular formula is C22H32Cl2GeZr-2. The Morgan fingerprint density at radius 1 is 0.846 bits per heavy atom. The summed E-state index contributed by atoms with van der Waals surface area (Å²) in [5.74, 6) is 8.10. The predicted molar refractivity (Wildman–Crippen MR) is 104 cm³/mol. The molecule has 0 amide bonds. The Hall–Kier alpha value is 0.706. The van der Waals surface area contributed by atoms with E-state index in [2.05, 4.69) is 74.7 Å². The van der Waals surface area contributed by atoms with Gasteiger partial charge in [-0.1, -0.05) is 38.5 Å². The van der Waals surface area contributed by atoms with Crippen LogP contribution in [0.15, 0.2) is 47.6 Å². The van der Waals surface area contributed by atoms with Gasteiger partial charge < -0.3 is 24.8 Å². The number of rotatable bonds is 0. The van der Waals surface area contributed by atoms with Crippen molar-refractivity contribution in [3.8, 4) is 0 Å². The maximum Gasteiger partial charge on any atom is -1.00 e. The van der Waals surface area contributed by atoms with Crippen LogP contribution in [0.3, 0.4) is 0 Å². The quantitative estimate of drug-likeness (QED) is 0.311. The van der Waals surface area contributed by atoms with Crippen LogP contribution in [0, 0.1) is 36.5 Å². The molecule has 4 aliphatic rings. The van der Waals surface area contributed by atoms with Crippen LogP contribution in [0.2, 0.25) is 11.5 Å². The average molecular weight is 531 g/mol. The third-order valence-electron chi connectivity index (χ3n) is 4.90. The van der Waals surface area contributed by atoms with Crippen LogP contribution in [-0.4, -0.2) is 9.98 Å². The maximum atomic E-state index is 2.41. The molecule has 0 radical (unpaired) electrons. The van der Waals surface area contributed by atoms with Gasteiger partial charge in [-0.25, -0.2) is 36.1 Å². The summed E-state index contributed by atoms with van der Waals surface area (Å²) < 4.78 is 0. The topological polar surface area (TPSA) is 0 Å². The standard InChI is InChI=1S/2C10H13.C2H6Ge.2ClH.Zr/c2*1-8-6-9-4-2-3-5-10(9)7-8;1-3-2;;;/h2*2-4,6,8,10H,5,7H2,1H3;1-2H3;2*1H;/q2*-1;;;;+2/p-2. The molecule has 4 heteroatoms. The number of fused-ring (bicyclic) bond motifs is 2. The molecule has 4 atom stereocenters. The van der Waals surface area contributed by atoms with Gasteiger partial charge in [-0.05, 0) is 24.7 Å². The van der Waals surface area contributed by atoms with Crippen LogP contribution < -0.4 is 24.8 Å². The maximum absolute atomic E-state index is 2.41. The van der Waals surface area contributed by atoms with E-state index in [-0.39, 0.29) is 34.8 Å². The van der Waals surface area contributed by atoms with Crippen LogP contribution in [0.4, 0.5) is 0 Å². The van der Waals surface area contributed by atoms with Gasteiger partial charge in [0.1, 0.15) is 0 Å². The van der Waals surface area contributed by atoms with Crippen LogP contribution in [-0.2, 0) is 21.6 Å². The smallest absolute Gasteiger partial charge is 1.00 e. The van der Waals surface area contributed by atoms with E-state index < -0.39 is 0 Å². The van der Waals surface area contributed by atoms with Crippen LogP contribution in [0.1, 0.15) is 39.5 Å². The summed E-state index contributed by atoms with van der Waals surface area (Å²) in [6.07, 6.45) is 23.5. The first-order chi connectivity index (χ1) is 11.5. The Bertz CT molecular complexity index is 514. The molecule has 0 aliphatic heterocycles. The first-order valence-electron chi connectivity index (χ1n) is 9.40. The van der Waals surface area contributed by atoms with Gasteiger partial charge in [-0.15, -0.1) is 24.3 Å². The van der Waals surface area contributed by atoms with Gasteiger partial charge in [0.2, 0.25) is 0 Å². The Balaban J connectivity index is 0.000000378. The Kier molecular flexibility index (Phi) is 14.2. The van der Waals surface area contributed by atoms with Gasteiger partial charge in [0.15, 0.2) is 0 Å². The third kappa shape index (κ3) is 9.27. The van der Waals surface area contributed by atoms with E-state index in [4.69, 9.17) is 0 Å². The van der Waals surface area contributed by atoms with Crippen LogP contribution in [0.5, 0.6) is 0 Å².